The van der Waals surface area contributed by atoms with Crippen LogP contribution in [0.4, 0.5) is 0 Å². The highest BCUT2D eigenvalue weighted by Gasteiger charge is 2.14. The number of rotatable bonds is 10. The van der Waals surface area contributed by atoms with Gasteiger partial charge in [0.1, 0.15) is 0 Å². The van der Waals surface area contributed by atoms with Crippen molar-refractivity contribution in [3.05, 3.63) is 29.8 Å². The van der Waals surface area contributed by atoms with Crippen molar-refractivity contribution in [2.45, 2.75) is 31.2 Å². The van der Waals surface area contributed by atoms with Crippen LogP contribution >= 0.6 is 0 Å². The van der Waals surface area contributed by atoms with E-state index in [0.717, 1.165) is 30.9 Å². The normalized spacial score (nSPS) is 12.2. The molecule has 0 saturated heterocycles. The number of unbranched alkanes of at least 4 members (excludes halogenated alkanes) is 1. The Morgan fingerprint density at radius 1 is 1.36 bits per heavy atom. The summed E-state index contributed by atoms with van der Waals surface area (Å²) in [5, 5.41) is 3.27. The van der Waals surface area contributed by atoms with Crippen LogP contribution in [-0.2, 0) is 21.3 Å². The van der Waals surface area contributed by atoms with Crippen LogP contribution in [0.1, 0.15) is 25.3 Å². The summed E-state index contributed by atoms with van der Waals surface area (Å²) in [4.78, 5) is 6.58. The Morgan fingerprint density at radius 2 is 2.12 bits per heavy atom. The molecule has 0 saturated carbocycles. The maximum absolute atomic E-state index is 12.3. The lowest BCUT2D eigenvalue weighted by atomic mass is 10.2. The molecule has 1 rings (SSSR count). The molecule has 0 spiro atoms. The molecule has 1 aromatic carbocycles. The summed E-state index contributed by atoms with van der Waals surface area (Å²) in [6.45, 7) is 4.16. The maximum atomic E-state index is 12.3. The molecule has 0 heterocycles. The summed E-state index contributed by atoms with van der Waals surface area (Å²) in [5.41, 5.74) is 0.875. The highest BCUT2D eigenvalue weighted by molar-refractivity contribution is 7.89. The van der Waals surface area contributed by atoms with Gasteiger partial charge in [-0.3, -0.25) is 4.99 Å². The van der Waals surface area contributed by atoms with Crippen molar-refractivity contribution in [1.29, 1.82) is 0 Å². The molecular formula is C17H30N4O3S. The second-order valence-corrected chi connectivity index (χ2v) is 7.48. The largest absolute Gasteiger partial charge is 0.383 e. The van der Waals surface area contributed by atoms with Gasteiger partial charge in [-0.05, 0) is 24.1 Å². The quantitative estimate of drug-likeness (QED) is 0.370. The summed E-state index contributed by atoms with van der Waals surface area (Å²) in [7, 11) is 1.74. The lowest BCUT2D eigenvalue weighted by Gasteiger charge is -2.22. The molecule has 0 aliphatic carbocycles. The molecule has 0 aliphatic rings. The second-order valence-electron chi connectivity index (χ2n) is 5.71. The minimum atomic E-state index is -3.53. The van der Waals surface area contributed by atoms with Gasteiger partial charge < -0.3 is 15.0 Å². The highest BCUT2D eigenvalue weighted by Crippen LogP contribution is 2.11. The molecular weight excluding hydrogens is 340 g/mol. The molecule has 0 amide bonds. The fourth-order valence-corrected chi connectivity index (χ4v) is 3.33. The Bertz CT molecular complexity index is 647. The van der Waals surface area contributed by atoms with Crippen molar-refractivity contribution in [2.24, 2.45) is 4.99 Å². The van der Waals surface area contributed by atoms with Crippen LogP contribution in [0, 0.1) is 0 Å². The molecule has 0 atom stereocenters. The Hall–Kier alpha value is -1.64. The molecule has 0 aliphatic heterocycles. The molecule has 25 heavy (non-hydrogen) atoms. The molecule has 142 valence electrons. The van der Waals surface area contributed by atoms with E-state index in [4.69, 9.17) is 4.74 Å². The van der Waals surface area contributed by atoms with E-state index in [2.05, 4.69) is 26.9 Å². The molecule has 0 bridgehead atoms. The van der Waals surface area contributed by atoms with E-state index in [1.54, 1.807) is 25.2 Å². The number of nitrogens with zero attached hydrogens (tertiary/aromatic N) is 2. The smallest absolute Gasteiger partial charge is 0.240 e. The Morgan fingerprint density at radius 3 is 2.76 bits per heavy atom. The van der Waals surface area contributed by atoms with E-state index in [1.807, 2.05) is 13.1 Å². The van der Waals surface area contributed by atoms with Crippen molar-refractivity contribution in [3.63, 3.8) is 0 Å². The topological polar surface area (TPSA) is 83.0 Å². The zero-order valence-electron chi connectivity index (χ0n) is 15.6. The minimum absolute atomic E-state index is 0.246. The molecule has 2 N–H and O–H groups in total. The van der Waals surface area contributed by atoms with Crippen molar-refractivity contribution in [2.75, 3.05) is 40.9 Å². The van der Waals surface area contributed by atoms with Crippen molar-refractivity contribution in [3.8, 4) is 0 Å². The number of nitrogens with one attached hydrogen (secondary N) is 2. The van der Waals surface area contributed by atoms with Gasteiger partial charge in [0.15, 0.2) is 5.96 Å². The number of ether oxygens (including phenoxy) is 1. The molecule has 8 heteroatoms. The van der Waals surface area contributed by atoms with E-state index >= 15 is 0 Å². The number of sulfonamides is 1. The second kappa shape index (κ2) is 11.1. The van der Waals surface area contributed by atoms with Crippen LogP contribution in [0.15, 0.2) is 34.2 Å². The van der Waals surface area contributed by atoms with E-state index in [-0.39, 0.29) is 11.4 Å². The van der Waals surface area contributed by atoms with E-state index in [0.29, 0.717) is 13.2 Å². The fraction of sp³-hybridized carbons (Fsp3) is 0.588. The van der Waals surface area contributed by atoms with E-state index < -0.39 is 10.0 Å². The predicted molar refractivity (Wildman–Crippen MR) is 101 cm³/mol. The highest BCUT2D eigenvalue weighted by atomic mass is 32.2. The third-order valence-corrected chi connectivity index (χ3v) is 5.14. The minimum Gasteiger partial charge on any atom is -0.383 e. The lowest BCUT2D eigenvalue weighted by molar-refractivity contribution is 0.204. The third kappa shape index (κ3) is 7.41. The Kier molecular flexibility index (Phi) is 9.48. The fourth-order valence-electron chi connectivity index (χ4n) is 2.25. The lowest BCUT2D eigenvalue weighted by Crippen LogP contribution is -2.39. The van der Waals surface area contributed by atoms with E-state index in [9.17, 15) is 8.42 Å². The SMILES string of the molecule is CCCCN(C)C(=NC)NCc1cccc(S(=O)(=O)NCCOC)c1. The Balaban J connectivity index is 2.71. The predicted octanol–water partition coefficient (Wildman–Crippen LogP) is 1.42. The third-order valence-electron chi connectivity index (χ3n) is 3.68. The van der Waals surface area contributed by atoms with Gasteiger partial charge in [-0.1, -0.05) is 25.5 Å². The van der Waals surface area contributed by atoms with Crippen molar-refractivity contribution < 1.29 is 13.2 Å². The van der Waals surface area contributed by atoms with Gasteiger partial charge in [0.2, 0.25) is 10.0 Å². The van der Waals surface area contributed by atoms with Gasteiger partial charge in [-0.25, -0.2) is 13.1 Å². The van der Waals surface area contributed by atoms with Gasteiger partial charge >= 0.3 is 0 Å². The number of hydrogen-bond acceptors (Lipinski definition) is 4. The monoisotopic (exact) mass is 370 g/mol. The summed E-state index contributed by atoms with van der Waals surface area (Å²) in [6, 6.07) is 6.88. The summed E-state index contributed by atoms with van der Waals surface area (Å²) >= 11 is 0. The average Bonchev–Trinajstić information content (AvgIpc) is 2.60. The van der Waals surface area contributed by atoms with Gasteiger partial charge in [0.25, 0.3) is 0 Å². The summed E-state index contributed by atoms with van der Waals surface area (Å²) in [6.07, 6.45) is 2.22. The molecule has 0 unspecified atom stereocenters. The van der Waals surface area contributed by atoms with Crippen LogP contribution in [-0.4, -0.2) is 60.2 Å². The number of methoxy groups -OCH3 is 1. The van der Waals surface area contributed by atoms with Crippen LogP contribution in [0.2, 0.25) is 0 Å². The van der Waals surface area contributed by atoms with Gasteiger partial charge in [0.05, 0.1) is 11.5 Å². The van der Waals surface area contributed by atoms with Crippen LogP contribution in [0.3, 0.4) is 0 Å². The summed E-state index contributed by atoms with van der Waals surface area (Å²) < 4.78 is 31.9. The maximum Gasteiger partial charge on any atom is 0.240 e. The first kappa shape index (κ1) is 21.4. The first-order valence-corrected chi connectivity index (χ1v) is 9.92. The summed E-state index contributed by atoms with van der Waals surface area (Å²) in [5.74, 6) is 0.792. The van der Waals surface area contributed by atoms with Gasteiger partial charge in [-0.2, -0.15) is 0 Å². The molecule has 1 aromatic rings. The van der Waals surface area contributed by atoms with Gasteiger partial charge in [-0.15, -0.1) is 0 Å². The molecule has 7 nitrogen and oxygen atoms in total. The molecule has 0 radical (unpaired) electrons. The van der Waals surface area contributed by atoms with Crippen molar-refractivity contribution in [1.82, 2.24) is 14.9 Å². The average molecular weight is 371 g/mol. The number of aliphatic imine (C=N–C) groups is 1. The first-order valence-electron chi connectivity index (χ1n) is 8.44. The number of guanidine groups is 1. The number of benzene rings is 1. The van der Waals surface area contributed by atoms with Gasteiger partial charge in [0, 0.05) is 40.8 Å². The van der Waals surface area contributed by atoms with Crippen LogP contribution in [0.25, 0.3) is 0 Å². The van der Waals surface area contributed by atoms with Crippen LogP contribution < -0.4 is 10.0 Å². The Labute approximate surface area is 151 Å². The standard InChI is InChI=1S/C17H30N4O3S/c1-5-6-11-21(3)17(18-2)19-14-15-8-7-9-16(13-15)25(22,23)20-10-12-24-4/h7-9,13,20H,5-6,10-12,14H2,1-4H3,(H,18,19). The number of hydrogen-bond donors (Lipinski definition) is 2. The molecule has 0 aromatic heterocycles. The molecule has 0 fully saturated rings. The zero-order chi connectivity index (χ0) is 18.7. The first-order chi connectivity index (χ1) is 11.9. The zero-order valence-corrected chi connectivity index (χ0v) is 16.4. The van der Waals surface area contributed by atoms with Crippen molar-refractivity contribution >= 4 is 16.0 Å². The van der Waals surface area contributed by atoms with Crippen LogP contribution in [0.5, 0.6) is 0 Å². The van der Waals surface area contributed by atoms with E-state index in [1.165, 1.54) is 7.11 Å².